The summed E-state index contributed by atoms with van der Waals surface area (Å²) in [7, 11) is 1.72. The molecule has 0 atom stereocenters. The molecule has 0 unspecified atom stereocenters. The van der Waals surface area contributed by atoms with Gasteiger partial charge in [0.1, 0.15) is 11.0 Å². The van der Waals surface area contributed by atoms with Crippen LogP contribution in [0.4, 0.5) is 4.39 Å². The predicted octanol–water partition coefficient (Wildman–Crippen LogP) is 3.26. The zero-order valence-electron chi connectivity index (χ0n) is 13.8. The summed E-state index contributed by atoms with van der Waals surface area (Å²) in [5.74, 6) is 0.469. The van der Waals surface area contributed by atoms with Gasteiger partial charge < -0.3 is 15.6 Å². The molecule has 3 aromatic rings. The van der Waals surface area contributed by atoms with Crippen molar-refractivity contribution in [2.24, 2.45) is 4.99 Å². The molecule has 0 bridgehead atoms. The second-order valence-corrected chi connectivity index (χ2v) is 5.98. The molecule has 3 N–H and O–H groups in total. The predicted molar refractivity (Wildman–Crippen MR) is 99.4 cm³/mol. The largest absolute Gasteiger partial charge is 0.361 e. The molecule has 130 valence electrons. The Hall–Kier alpha value is -2.60. The van der Waals surface area contributed by atoms with Crippen molar-refractivity contribution < 1.29 is 4.39 Å². The average molecular weight is 360 g/mol. The fourth-order valence-corrected chi connectivity index (χ4v) is 2.70. The van der Waals surface area contributed by atoms with Gasteiger partial charge in [-0.2, -0.15) is 0 Å². The van der Waals surface area contributed by atoms with Gasteiger partial charge in [0.15, 0.2) is 5.96 Å². The lowest BCUT2D eigenvalue weighted by Gasteiger charge is -2.11. The summed E-state index contributed by atoms with van der Waals surface area (Å²) in [6.45, 7) is 1.28. The van der Waals surface area contributed by atoms with Crippen LogP contribution in [0.1, 0.15) is 11.1 Å². The number of pyridine rings is 1. The molecule has 0 aliphatic rings. The Labute approximate surface area is 150 Å². The zero-order valence-corrected chi connectivity index (χ0v) is 14.6. The molecular weight excluding hydrogens is 341 g/mol. The minimum Gasteiger partial charge on any atom is -0.361 e. The molecule has 0 radical (unpaired) electrons. The number of aromatic nitrogens is 2. The molecule has 0 aliphatic carbocycles. The van der Waals surface area contributed by atoms with Crippen molar-refractivity contribution in [3.8, 4) is 0 Å². The molecule has 0 aliphatic heterocycles. The first-order valence-electron chi connectivity index (χ1n) is 7.96. The first kappa shape index (κ1) is 17.2. The fraction of sp³-hybridized carbons (Fsp3) is 0.222. The molecule has 0 amide bonds. The third kappa shape index (κ3) is 4.48. The number of nitrogens with one attached hydrogen (secondary N) is 3. The van der Waals surface area contributed by atoms with E-state index in [0.29, 0.717) is 24.2 Å². The number of fused-ring (bicyclic) bond motifs is 1. The van der Waals surface area contributed by atoms with E-state index in [2.05, 4.69) is 25.6 Å². The Morgan fingerprint density at radius 1 is 1.28 bits per heavy atom. The van der Waals surface area contributed by atoms with Crippen LogP contribution in [0.2, 0.25) is 5.15 Å². The van der Waals surface area contributed by atoms with Crippen LogP contribution in [0.15, 0.2) is 47.7 Å². The van der Waals surface area contributed by atoms with Crippen molar-refractivity contribution in [1.82, 2.24) is 20.6 Å². The molecular formula is C18H19ClFN5. The summed E-state index contributed by atoms with van der Waals surface area (Å²) in [6.07, 6.45) is 4.40. The highest BCUT2D eigenvalue weighted by molar-refractivity contribution is 6.29. The van der Waals surface area contributed by atoms with Crippen molar-refractivity contribution in [2.45, 2.75) is 13.0 Å². The van der Waals surface area contributed by atoms with Crippen LogP contribution in [-0.2, 0) is 13.0 Å². The van der Waals surface area contributed by atoms with E-state index in [1.54, 1.807) is 31.4 Å². The second-order valence-electron chi connectivity index (χ2n) is 5.60. The number of halogens is 2. The number of aromatic amines is 1. The normalized spacial score (nSPS) is 11.7. The quantitative estimate of drug-likeness (QED) is 0.372. The van der Waals surface area contributed by atoms with E-state index in [1.165, 1.54) is 6.07 Å². The third-order valence-corrected chi connectivity index (χ3v) is 4.11. The van der Waals surface area contributed by atoms with E-state index in [9.17, 15) is 4.39 Å². The number of benzene rings is 1. The van der Waals surface area contributed by atoms with Gasteiger partial charge >= 0.3 is 0 Å². The van der Waals surface area contributed by atoms with Crippen LogP contribution in [0.5, 0.6) is 0 Å². The molecule has 0 spiro atoms. The number of guanidine groups is 1. The minimum absolute atomic E-state index is 0.227. The summed E-state index contributed by atoms with van der Waals surface area (Å²) >= 11 is 5.78. The number of hydrogen-bond donors (Lipinski definition) is 3. The molecule has 2 heterocycles. The van der Waals surface area contributed by atoms with E-state index in [0.717, 1.165) is 28.5 Å². The summed E-state index contributed by atoms with van der Waals surface area (Å²) < 4.78 is 13.4. The van der Waals surface area contributed by atoms with Crippen LogP contribution in [0.25, 0.3) is 10.9 Å². The highest BCUT2D eigenvalue weighted by atomic mass is 35.5. The van der Waals surface area contributed by atoms with Crippen LogP contribution in [0.3, 0.4) is 0 Å². The first-order chi connectivity index (χ1) is 12.2. The Kier molecular flexibility index (Phi) is 5.50. The van der Waals surface area contributed by atoms with Gasteiger partial charge in [-0.05, 0) is 41.8 Å². The number of rotatable bonds is 5. The molecule has 0 saturated heterocycles. The SMILES string of the molecule is CN=C(NCCc1c[nH]c2ccc(F)cc12)NCc1ccc(Cl)nc1. The van der Waals surface area contributed by atoms with Gasteiger partial charge in [-0.15, -0.1) is 0 Å². The van der Waals surface area contributed by atoms with Gasteiger partial charge in [0.25, 0.3) is 0 Å². The molecule has 2 aromatic heterocycles. The van der Waals surface area contributed by atoms with E-state index in [-0.39, 0.29) is 5.82 Å². The molecule has 3 rings (SSSR count). The number of H-pyrrole nitrogens is 1. The summed E-state index contributed by atoms with van der Waals surface area (Å²) in [4.78, 5) is 11.4. The van der Waals surface area contributed by atoms with Gasteiger partial charge in [-0.1, -0.05) is 17.7 Å². The lowest BCUT2D eigenvalue weighted by molar-refractivity contribution is 0.629. The molecule has 5 nitrogen and oxygen atoms in total. The first-order valence-corrected chi connectivity index (χ1v) is 8.34. The van der Waals surface area contributed by atoms with Crippen LogP contribution in [0, 0.1) is 5.82 Å². The molecule has 0 saturated carbocycles. The average Bonchev–Trinajstić information content (AvgIpc) is 3.01. The van der Waals surface area contributed by atoms with Gasteiger partial charge in [-0.3, -0.25) is 4.99 Å². The fourth-order valence-electron chi connectivity index (χ4n) is 2.59. The van der Waals surface area contributed by atoms with Crippen LogP contribution < -0.4 is 10.6 Å². The molecule has 7 heteroatoms. The van der Waals surface area contributed by atoms with Crippen molar-refractivity contribution in [2.75, 3.05) is 13.6 Å². The Bertz CT molecular complexity index is 873. The summed E-state index contributed by atoms with van der Waals surface area (Å²) in [5, 5.41) is 7.86. The Morgan fingerprint density at radius 3 is 2.92 bits per heavy atom. The second kappa shape index (κ2) is 7.98. The van der Waals surface area contributed by atoms with E-state index in [1.807, 2.05) is 12.3 Å². The smallest absolute Gasteiger partial charge is 0.191 e. The summed E-state index contributed by atoms with van der Waals surface area (Å²) in [6, 6.07) is 8.43. The van der Waals surface area contributed by atoms with E-state index < -0.39 is 0 Å². The standard InChI is InChI=1S/C18H19ClFN5/c1-21-18(25-10-12-2-5-17(19)24-9-12)22-7-6-13-11-23-16-4-3-14(20)8-15(13)16/h2-5,8-9,11,23H,6-7,10H2,1H3,(H2,21,22,25). The molecule has 1 aromatic carbocycles. The number of aliphatic imine (C=N–C) groups is 1. The Morgan fingerprint density at radius 2 is 2.16 bits per heavy atom. The maximum absolute atomic E-state index is 13.4. The van der Waals surface area contributed by atoms with Crippen molar-refractivity contribution in [1.29, 1.82) is 0 Å². The highest BCUT2D eigenvalue weighted by Gasteiger charge is 2.05. The van der Waals surface area contributed by atoms with E-state index in [4.69, 9.17) is 11.6 Å². The zero-order chi connectivity index (χ0) is 17.6. The lowest BCUT2D eigenvalue weighted by atomic mass is 10.1. The van der Waals surface area contributed by atoms with Crippen LogP contribution >= 0.6 is 11.6 Å². The van der Waals surface area contributed by atoms with Crippen molar-refractivity contribution >= 4 is 28.5 Å². The summed E-state index contributed by atoms with van der Waals surface area (Å²) in [5.41, 5.74) is 3.02. The molecule has 0 fully saturated rings. The van der Waals surface area contributed by atoms with Crippen LogP contribution in [-0.4, -0.2) is 29.5 Å². The van der Waals surface area contributed by atoms with Gasteiger partial charge in [0, 0.05) is 43.4 Å². The number of nitrogens with zero attached hydrogens (tertiary/aromatic N) is 2. The van der Waals surface area contributed by atoms with Crippen molar-refractivity contribution in [3.63, 3.8) is 0 Å². The maximum Gasteiger partial charge on any atom is 0.191 e. The van der Waals surface area contributed by atoms with Gasteiger partial charge in [-0.25, -0.2) is 9.37 Å². The highest BCUT2D eigenvalue weighted by Crippen LogP contribution is 2.19. The van der Waals surface area contributed by atoms with E-state index >= 15 is 0 Å². The lowest BCUT2D eigenvalue weighted by Crippen LogP contribution is -2.37. The Balaban J connectivity index is 1.52. The molecule has 25 heavy (non-hydrogen) atoms. The minimum atomic E-state index is -0.227. The topological polar surface area (TPSA) is 65.1 Å². The number of hydrogen-bond acceptors (Lipinski definition) is 2. The van der Waals surface area contributed by atoms with Crippen molar-refractivity contribution in [3.05, 3.63) is 64.8 Å². The monoisotopic (exact) mass is 359 g/mol. The maximum atomic E-state index is 13.4. The third-order valence-electron chi connectivity index (χ3n) is 3.89. The van der Waals surface area contributed by atoms with Gasteiger partial charge in [0.05, 0.1) is 0 Å². The van der Waals surface area contributed by atoms with Gasteiger partial charge in [0.2, 0.25) is 0 Å².